The number of aliphatic hydroxyl groups is 1. The summed E-state index contributed by atoms with van der Waals surface area (Å²) in [6, 6.07) is -0.292. The van der Waals surface area contributed by atoms with E-state index in [0.717, 1.165) is 11.1 Å². The van der Waals surface area contributed by atoms with Crippen LogP contribution in [0.1, 0.15) is 24.5 Å². The molecule has 8 heteroatoms. The summed E-state index contributed by atoms with van der Waals surface area (Å²) in [6.45, 7) is 1.56. The quantitative estimate of drug-likeness (QED) is 0.554. The van der Waals surface area contributed by atoms with Gasteiger partial charge in [-0.05, 0) is 24.3 Å². The van der Waals surface area contributed by atoms with Gasteiger partial charge in [0.15, 0.2) is 0 Å². The van der Waals surface area contributed by atoms with Gasteiger partial charge in [0.2, 0.25) is 5.91 Å². The van der Waals surface area contributed by atoms with Crippen LogP contribution in [0, 0.1) is 5.92 Å². The number of aliphatic hydroxyl groups excluding tert-OH is 1. The normalized spacial score (nSPS) is 24.3. The molecule has 0 aliphatic carbocycles. The number of nitrogens with zero attached hydrogens (tertiary/aromatic N) is 1. The molecule has 1 aromatic heterocycles. The highest BCUT2D eigenvalue weighted by Gasteiger charge is 2.56. The molecule has 6 nitrogen and oxygen atoms in total. The summed E-state index contributed by atoms with van der Waals surface area (Å²) in [5.41, 5.74) is 2.13. The van der Waals surface area contributed by atoms with Gasteiger partial charge < -0.3 is 20.4 Å². The van der Waals surface area contributed by atoms with Gasteiger partial charge in [-0.2, -0.15) is 11.3 Å². The van der Waals surface area contributed by atoms with Gasteiger partial charge in [0, 0.05) is 23.6 Å². The molecule has 0 radical (unpaired) electrons. The summed E-state index contributed by atoms with van der Waals surface area (Å²) in [7, 11) is 1.71. The van der Waals surface area contributed by atoms with E-state index in [1.54, 1.807) is 14.0 Å². The Bertz CT molecular complexity index is 738. The van der Waals surface area contributed by atoms with Crippen molar-refractivity contribution in [3.05, 3.63) is 27.6 Å². The maximum atomic E-state index is 12.2. The van der Waals surface area contributed by atoms with Crippen LogP contribution in [-0.4, -0.2) is 51.2 Å². The van der Waals surface area contributed by atoms with E-state index >= 15 is 0 Å². The van der Waals surface area contributed by atoms with Crippen LogP contribution < -0.4 is 5.32 Å². The van der Waals surface area contributed by atoms with Crippen molar-refractivity contribution in [2.24, 2.45) is 5.92 Å². The number of carbonyl (C=O) groups is 2. The lowest BCUT2D eigenvalue weighted by molar-refractivity contribution is -0.161. The second-order valence-electron chi connectivity index (χ2n) is 5.66. The SMILES string of the molecule is CNC(=S)c1cscc1C1=C(C(=O)O)N2C(=O)C([C@@H](C)O)C2C1. The third-order valence-electron chi connectivity index (χ3n) is 4.39. The van der Waals surface area contributed by atoms with Crippen LogP contribution in [0.5, 0.6) is 0 Å². The minimum absolute atomic E-state index is 0.00968. The predicted molar refractivity (Wildman–Crippen MR) is 90.1 cm³/mol. The zero-order valence-corrected chi connectivity index (χ0v) is 14.2. The third kappa shape index (κ3) is 2.29. The van der Waals surface area contributed by atoms with Crippen molar-refractivity contribution in [3.63, 3.8) is 0 Å². The lowest BCUT2D eigenvalue weighted by atomic mass is 9.82. The molecule has 23 heavy (non-hydrogen) atoms. The number of thiocarbonyl (C=S) groups is 1. The Kier molecular flexibility index (Phi) is 3.99. The van der Waals surface area contributed by atoms with Crippen molar-refractivity contribution in [2.45, 2.75) is 25.5 Å². The molecule has 0 spiro atoms. The summed E-state index contributed by atoms with van der Waals surface area (Å²) >= 11 is 6.70. The number of amides is 1. The van der Waals surface area contributed by atoms with Gasteiger partial charge >= 0.3 is 5.97 Å². The van der Waals surface area contributed by atoms with Gasteiger partial charge in [-0.25, -0.2) is 4.79 Å². The number of thiophene rings is 1. The smallest absolute Gasteiger partial charge is 0.352 e. The van der Waals surface area contributed by atoms with Crippen LogP contribution in [0.4, 0.5) is 0 Å². The molecule has 0 bridgehead atoms. The maximum Gasteiger partial charge on any atom is 0.352 e. The number of carboxylic acids is 1. The van der Waals surface area contributed by atoms with Crippen molar-refractivity contribution in [3.8, 4) is 0 Å². The molecule has 0 saturated carbocycles. The van der Waals surface area contributed by atoms with Crippen molar-refractivity contribution >= 4 is 46.0 Å². The highest BCUT2D eigenvalue weighted by molar-refractivity contribution is 7.80. The molecule has 1 fully saturated rings. The molecule has 2 aliphatic heterocycles. The highest BCUT2D eigenvalue weighted by Crippen LogP contribution is 2.47. The third-order valence-corrected chi connectivity index (χ3v) is 5.56. The Morgan fingerprint density at radius 2 is 2.22 bits per heavy atom. The highest BCUT2D eigenvalue weighted by atomic mass is 32.1. The molecule has 2 unspecified atom stereocenters. The first-order chi connectivity index (χ1) is 10.9. The first-order valence-corrected chi connectivity index (χ1v) is 8.49. The van der Waals surface area contributed by atoms with Gasteiger partial charge in [0.25, 0.3) is 0 Å². The summed E-state index contributed by atoms with van der Waals surface area (Å²) in [4.78, 5) is 25.8. The minimum Gasteiger partial charge on any atom is -0.477 e. The summed E-state index contributed by atoms with van der Waals surface area (Å²) in [5, 5.41) is 26.0. The van der Waals surface area contributed by atoms with E-state index in [0.29, 0.717) is 17.0 Å². The molecular weight excluding hydrogens is 336 g/mol. The molecule has 1 saturated heterocycles. The number of hydrogen-bond acceptors (Lipinski definition) is 5. The van der Waals surface area contributed by atoms with E-state index in [1.165, 1.54) is 16.2 Å². The number of carbonyl (C=O) groups excluding carboxylic acids is 1. The number of carboxylic acid groups (broad SMARTS) is 1. The van der Waals surface area contributed by atoms with Crippen LogP contribution in [0.3, 0.4) is 0 Å². The van der Waals surface area contributed by atoms with E-state index < -0.39 is 18.0 Å². The van der Waals surface area contributed by atoms with Gasteiger partial charge in [-0.1, -0.05) is 12.2 Å². The molecule has 3 N–H and O–H groups in total. The van der Waals surface area contributed by atoms with Crippen molar-refractivity contribution in [1.82, 2.24) is 10.2 Å². The number of β-lactam (4-membered cyclic amide) rings is 1. The van der Waals surface area contributed by atoms with E-state index in [-0.39, 0.29) is 17.6 Å². The molecule has 3 atom stereocenters. The van der Waals surface area contributed by atoms with Crippen LogP contribution >= 0.6 is 23.6 Å². The fourth-order valence-electron chi connectivity index (χ4n) is 3.35. The second-order valence-corrected chi connectivity index (χ2v) is 6.81. The topological polar surface area (TPSA) is 89.9 Å². The van der Waals surface area contributed by atoms with Crippen LogP contribution in [0.25, 0.3) is 5.57 Å². The van der Waals surface area contributed by atoms with Gasteiger partial charge in [-0.15, -0.1) is 0 Å². The fraction of sp³-hybridized carbons (Fsp3) is 0.400. The van der Waals surface area contributed by atoms with Crippen LogP contribution in [-0.2, 0) is 9.59 Å². The van der Waals surface area contributed by atoms with E-state index in [9.17, 15) is 19.8 Å². The van der Waals surface area contributed by atoms with E-state index in [4.69, 9.17) is 12.2 Å². The predicted octanol–water partition coefficient (Wildman–Crippen LogP) is 1.05. The number of rotatable bonds is 4. The molecule has 1 aromatic rings. The lowest BCUT2D eigenvalue weighted by Gasteiger charge is -2.44. The number of hydrogen-bond donors (Lipinski definition) is 3. The average molecular weight is 352 g/mol. The Labute approximate surface area is 142 Å². The Morgan fingerprint density at radius 3 is 2.78 bits per heavy atom. The minimum atomic E-state index is -1.13. The molecule has 3 rings (SSSR count). The monoisotopic (exact) mass is 352 g/mol. The molecule has 1 amide bonds. The molecular formula is C15H16N2O4S2. The van der Waals surface area contributed by atoms with Crippen molar-refractivity contribution < 1.29 is 19.8 Å². The second kappa shape index (κ2) is 5.70. The van der Waals surface area contributed by atoms with Gasteiger partial charge in [0.1, 0.15) is 10.7 Å². The van der Waals surface area contributed by atoms with E-state index in [2.05, 4.69) is 5.32 Å². The molecule has 122 valence electrons. The molecule has 3 heterocycles. The summed E-state index contributed by atoms with van der Waals surface area (Å²) in [6.07, 6.45) is -0.377. The van der Waals surface area contributed by atoms with E-state index in [1.807, 2.05) is 10.8 Å². The first kappa shape index (κ1) is 16.1. The molecule has 0 aromatic carbocycles. The Hall–Kier alpha value is -1.77. The average Bonchev–Trinajstić information content (AvgIpc) is 3.07. The molecule has 2 aliphatic rings. The number of fused-ring (bicyclic) bond motifs is 1. The standard InChI is InChI=1S/C15H16N2O4S2/c1-6(18)11-10-3-7(12(15(20)21)17(10)14(11)19)8-4-23-5-9(8)13(22)16-2/h4-6,10-11,18H,3H2,1-2H3,(H,16,22)(H,20,21)/t6-,10?,11?/m1/s1. The summed E-state index contributed by atoms with van der Waals surface area (Å²) in [5.74, 6) is -2.00. The number of aliphatic carboxylic acids is 1. The number of nitrogens with one attached hydrogen (secondary N) is 1. The van der Waals surface area contributed by atoms with Crippen LogP contribution in [0.2, 0.25) is 0 Å². The summed E-state index contributed by atoms with van der Waals surface area (Å²) < 4.78 is 0. The Balaban J connectivity index is 2.06. The fourth-order valence-corrected chi connectivity index (χ4v) is 4.45. The van der Waals surface area contributed by atoms with Crippen LogP contribution in [0.15, 0.2) is 16.5 Å². The Morgan fingerprint density at radius 1 is 1.52 bits per heavy atom. The first-order valence-electron chi connectivity index (χ1n) is 7.14. The largest absolute Gasteiger partial charge is 0.477 e. The zero-order chi connectivity index (χ0) is 16.9. The zero-order valence-electron chi connectivity index (χ0n) is 12.6. The lowest BCUT2D eigenvalue weighted by Crippen LogP contribution is -2.61. The van der Waals surface area contributed by atoms with Crippen molar-refractivity contribution in [1.29, 1.82) is 0 Å². The van der Waals surface area contributed by atoms with Gasteiger partial charge in [0.05, 0.1) is 18.1 Å². The van der Waals surface area contributed by atoms with Crippen molar-refractivity contribution in [2.75, 3.05) is 7.05 Å². The van der Waals surface area contributed by atoms with Gasteiger partial charge in [-0.3, -0.25) is 4.79 Å². The maximum absolute atomic E-state index is 12.2.